The molecule has 0 aliphatic heterocycles. The van der Waals surface area contributed by atoms with Crippen molar-refractivity contribution in [3.8, 4) is 5.75 Å². The molecular weight excluding hydrogens is 260 g/mol. The van der Waals surface area contributed by atoms with E-state index in [1.54, 1.807) is 11.3 Å². The molecule has 0 saturated carbocycles. The minimum absolute atomic E-state index is 0.396. The molecule has 0 amide bonds. The second-order valence-corrected chi connectivity index (χ2v) is 4.96. The summed E-state index contributed by atoms with van der Waals surface area (Å²) in [7, 11) is 0. The number of halogens is 1. The number of hydrogen-bond donors (Lipinski definition) is 1. The standard InChI is InChI=1S/C11H11BrOS/c1-2-8-5-9-10(13)3-7(6-12)4-11(9)14-8/h3-5,13H,2,6H2,1H3. The van der Waals surface area contributed by atoms with Crippen molar-refractivity contribution in [2.45, 2.75) is 18.7 Å². The van der Waals surface area contributed by atoms with Crippen molar-refractivity contribution in [2.75, 3.05) is 0 Å². The second-order valence-electron chi connectivity index (χ2n) is 3.23. The van der Waals surface area contributed by atoms with Crippen molar-refractivity contribution >= 4 is 37.4 Å². The van der Waals surface area contributed by atoms with Crippen LogP contribution in [0.4, 0.5) is 0 Å². The highest BCUT2D eigenvalue weighted by molar-refractivity contribution is 9.08. The summed E-state index contributed by atoms with van der Waals surface area (Å²) >= 11 is 5.15. The van der Waals surface area contributed by atoms with Crippen molar-refractivity contribution in [2.24, 2.45) is 0 Å². The van der Waals surface area contributed by atoms with Gasteiger partial charge in [0.15, 0.2) is 0 Å². The van der Waals surface area contributed by atoms with Crippen LogP contribution < -0.4 is 0 Å². The Morgan fingerprint density at radius 3 is 2.79 bits per heavy atom. The van der Waals surface area contributed by atoms with Gasteiger partial charge >= 0.3 is 0 Å². The van der Waals surface area contributed by atoms with Crippen molar-refractivity contribution < 1.29 is 5.11 Å². The van der Waals surface area contributed by atoms with E-state index in [4.69, 9.17) is 0 Å². The molecule has 0 bridgehead atoms. The Hall–Kier alpha value is -0.540. The zero-order chi connectivity index (χ0) is 10.1. The van der Waals surface area contributed by atoms with E-state index in [0.29, 0.717) is 5.75 Å². The van der Waals surface area contributed by atoms with Crippen LogP contribution in [0.5, 0.6) is 5.75 Å². The van der Waals surface area contributed by atoms with Crippen LogP contribution in [-0.2, 0) is 11.8 Å². The summed E-state index contributed by atoms with van der Waals surface area (Å²) in [4.78, 5) is 1.32. The van der Waals surface area contributed by atoms with Crippen molar-refractivity contribution in [3.05, 3.63) is 28.6 Å². The van der Waals surface area contributed by atoms with E-state index in [9.17, 15) is 5.11 Å². The summed E-state index contributed by atoms with van der Waals surface area (Å²) in [6, 6.07) is 6.03. The zero-order valence-electron chi connectivity index (χ0n) is 7.88. The van der Waals surface area contributed by atoms with Crippen molar-refractivity contribution in [3.63, 3.8) is 0 Å². The van der Waals surface area contributed by atoms with Gasteiger partial charge in [0.2, 0.25) is 0 Å². The number of thiophene rings is 1. The number of rotatable bonds is 2. The topological polar surface area (TPSA) is 20.2 Å². The van der Waals surface area contributed by atoms with E-state index in [0.717, 1.165) is 22.7 Å². The molecule has 3 heteroatoms. The molecular formula is C11H11BrOS. The zero-order valence-corrected chi connectivity index (χ0v) is 10.3. The molecule has 2 aromatic rings. The van der Waals surface area contributed by atoms with Crippen molar-refractivity contribution in [1.82, 2.24) is 0 Å². The lowest BCUT2D eigenvalue weighted by Gasteiger charge is -1.98. The predicted octanol–water partition coefficient (Wildman–Crippen LogP) is 4.06. The first-order valence-corrected chi connectivity index (χ1v) is 6.48. The molecule has 1 heterocycles. The summed E-state index contributed by atoms with van der Waals surface area (Å²) in [5, 5.41) is 11.5. The molecule has 0 aliphatic carbocycles. The van der Waals surface area contributed by atoms with Crippen LogP contribution in [0.1, 0.15) is 17.4 Å². The number of hydrogen-bond acceptors (Lipinski definition) is 2. The van der Waals surface area contributed by atoms with Gasteiger partial charge in [-0.1, -0.05) is 22.9 Å². The fourth-order valence-electron chi connectivity index (χ4n) is 1.48. The monoisotopic (exact) mass is 270 g/mol. The van der Waals surface area contributed by atoms with Gasteiger partial charge in [-0.05, 0) is 30.2 Å². The molecule has 0 atom stereocenters. The van der Waals surface area contributed by atoms with Gasteiger partial charge in [-0.25, -0.2) is 0 Å². The van der Waals surface area contributed by atoms with E-state index >= 15 is 0 Å². The third kappa shape index (κ3) is 1.66. The Bertz CT molecular complexity index is 462. The number of fused-ring (bicyclic) bond motifs is 1. The molecule has 0 fully saturated rings. The highest BCUT2D eigenvalue weighted by Crippen LogP contribution is 2.34. The van der Waals surface area contributed by atoms with Gasteiger partial charge in [-0.3, -0.25) is 0 Å². The molecule has 0 saturated heterocycles. The lowest BCUT2D eigenvalue weighted by Crippen LogP contribution is -1.76. The molecule has 1 nitrogen and oxygen atoms in total. The Morgan fingerprint density at radius 1 is 1.36 bits per heavy atom. The number of alkyl halides is 1. The third-order valence-corrected chi connectivity index (χ3v) is 4.10. The Morgan fingerprint density at radius 2 is 2.14 bits per heavy atom. The lowest BCUT2D eigenvalue weighted by molar-refractivity contribution is 0.481. The van der Waals surface area contributed by atoms with Crippen LogP contribution in [0.25, 0.3) is 10.1 Å². The van der Waals surface area contributed by atoms with Crippen LogP contribution in [0, 0.1) is 0 Å². The largest absolute Gasteiger partial charge is 0.507 e. The number of benzene rings is 1. The highest BCUT2D eigenvalue weighted by Gasteiger charge is 2.06. The first kappa shape index (κ1) is 9.99. The van der Waals surface area contributed by atoms with E-state index in [1.807, 2.05) is 6.07 Å². The predicted molar refractivity (Wildman–Crippen MR) is 65.5 cm³/mol. The number of phenolic OH excluding ortho intramolecular Hbond substituents is 1. The molecule has 74 valence electrons. The van der Waals surface area contributed by atoms with Crippen LogP contribution in [-0.4, -0.2) is 5.11 Å². The average Bonchev–Trinajstić information content (AvgIpc) is 2.61. The van der Waals surface area contributed by atoms with Crippen LogP contribution >= 0.6 is 27.3 Å². The second kappa shape index (κ2) is 3.91. The molecule has 2 rings (SSSR count). The Labute approximate surface area is 95.5 Å². The summed E-state index contributed by atoms with van der Waals surface area (Å²) < 4.78 is 1.18. The van der Waals surface area contributed by atoms with E-state index in [1.165, 1.54) is 9.58 Å². The molecule has 14 heavy (non-hydrogen) atoms. The Kier molecular flexibility index (Phi) is 2.79. The molecule has 1 aromatic carbocycles. The smallest absolute Gasteiger partial charge is 0.124 e. The fraction of sp³-hybridized carbons (Fsp3) is 0.273. The van der Waals surface area contributed by atoms with E-state index in [2.05, 4.69) is 35.0 Å². The van der Waals surface area contributed by atoms with Gasteiger partial charge in [-0.2, -0.15) is 0 Å². The van der Waals surface area contributed by atoms with Gasteiger partial charge < -0.3 is 5.11 Å². The first-order valence-electron chi connectivity index (χ1n) is 4.55. The molecule has 0 unspecified atom stereocenters. The quantitative estimate of drug-likeness (QED) is 0.816. The number of aromatic hydroxyl groups is 1. The van der Waals surface area contributed by atoms with Gasteiger partial charge in [-0.15, -0.1) is 11.3 Å². The minimum Gasteiger partial charge on any atom is -0.507 e. The SMILES string of the molecule is CCc1cc2c(O)cc(CBr)cc2s1. The molecule has 1 N–H and O–H groups in total. The van der Waals surface area contributed by atoms with Crippen LogP contribution in [0.15, 0.2) is 18.2 Å². The molecule has 0 aliphatic rings. The fourth-order valence-corrected chi connectivity index (χ4v) is 2.89. The highest BCUT2D eigenvalue weighted by atomic mass is 79.9. The molecule has 0 spiro atoms. The molecule has 1 aromatic heterocycles. The Balaban J connectivity index is 2.67. The minimum atomic E-state index is 0.396. The maximum absolute atomic E-state index is 9.78. The summed E-state index contributed by atoms with van der Waals surface area (Å²) in [5.74, 6) is 0.396. The number of aryl methyl sites for hydroxylation is 1. The van der Waals surface area contributed by atoms with Crippen molar-refractivity contribution in [1.29, 1.82) is 0 Å². The normalized spacial score (nSPS) is 11.0. The van der Waals surface area contributed by atoms with Gasteiger partial charge in [0.25, 0.3) is 0 Å². The first-order chi connectivity index (χ1) is 6.74. The lowest BCUT2D eigenvalue weighted by atomic mass is 10.1. The third-order valence-electron chi connectivity index (χ3n) is 2.23. The van der Waals surface area contributed by atoms with Crippen LogP contribution in [0.3, 0.4) is 0 Å². The summed E-state index contributed by atoms with van der Waals surface area (Å²) in [5.41, 5.74) is 1.12. The van der Waals surface area contributed by atoms with E-state index in [-0.39, 0.29) is 0 Å². The average molecular weight is 271 g/mol. The maximum Gasteiger partial charge on any atom is 0.124 e. The summed E-state index contributed by atoms with van der Waals surface area (Å²) in [6.45, 7) is 2.13. The number of phenols is 1. The summed E-state index contributed by atoms with van der Waals surface area (Å²) in [6.07, 6.45) is 1.03. The van der Waals surface area contributed by atoms with E-state index < -0.39 is 0 Å². The molecule has 0 radical (unpaired) electrons. The maximum atomic E-state index is 9.78. The van der Waals surface area contributed by atoms with Crippen LogP contribution in [0.2, 0.25) is 0 Å². The van der Waals surface area contributed by atoms with Gasteiger partial charge in [0.1, 0.15) is 5.75 Å². The van der Waals surface area contributed by atoms with Gasteiger partial charge in [0, 0.05) is 20.3 Å². The van der Waals surface area contributed by atoms with Gasteiger partial charge in [0.05, 0.1) is 0 Å².